The summed E-state index contributed by atoms with van der Waals surface area (Å²) in [6.45, 7) is 4.72. The summed E-state index contributed by atoms with van der Waals surface area (Å²) in [5, 5.41) is 4.53. The van der Waals surface area contributed by atoms with Gasteiger partial charge in [0.05, 0.1) is 11.1 Å². The van der Waals surface area contributed by atoms with Crippen LogP contribution in [0.1, 0.15) is 53.1 Å². The van der Waals surface area contributed by atoms with Crippen molar-refractivity contribution in [3.8, 4) is 55.6 Å². The summed E-state index contributed by atoms with van der Waals surface area (Å²) >= 11 is 0. The highest BCUT2D eigenvalue weighted by Gasteiger charge is 2.57. The molecule has 17 rings (SSSR count). The zero-order valence-electron chi connectivity index (χ0n) is 43.7. The van der Waals surface area contributed by atoms with E-state index in [2.05, 4.69) is 280 Å². The van der Waals surface area contributed by atoms with E-state index in [0.29, 0.717) is 0 Å². The monoisotopic (exact) mass is 1010 g/mol. The van der Waals surface area contributed by atoms with Crippen LogP contribution >= 0.6 is 0 Å². The molecule has 2 aromatic heterocycles. The van der Waals surface area contributed by atoms with Crippen LogP contribution in [0.2, 0.25) is 0 Å². The minimum Gasteiger partial charge on any atom is -0.455 e. The molecule has 372 valence electrons. The lowest BCUT2D eigenvalue weighted by molar-refractivity contribution is 0.466. The highest BCUT2D eigenvalue weighted by molar-refractivity contribution is 6.13. The fraction of sp³-hybridized carbons (Fsp3) is 0.0789. The SMILES string of the molecule is CC1(C)c2ccccc2-c2ccc(N(c3ccc(-c4cccc5c4oc4cc6c(cc45)C4(c5ccccc5-c5c(-c7cccc8c7oc7ccccc78)cccc54)C4C=CC=CC64)cc3)c3ccccc3-c3ccccc3)cc21. The standard InChI is InChI=1S/C76H51NO2/c1-75(2)63-31-11-6-22-52(63)54-42-41-49(43-67(54)75)77(69-35-14-9-21-50(69)46-19-4-3-5-20-46)48-39-37-47(38-40-48)51-26-16-30-59-62-44-68-61(45-71(62)79-73(51)59)53-23-7-12-32-64(53)76(68)65-33-13-8-25-60(65)72-56(27-18-34-66(72)76)58-29-17-28-57-55-24-10-15-36-70(55)78-74(57)58/h3-45,53,64H,1-2H3. The summed E-state index contributed by atoms with van der Waals surface area (Å²) in [6, 6.07) is 87.3. The second-order valence-corrected chi connectivity index (χ2v) is 22.6. The lowest BCUT2D eigenvalue weighted by Crippen LogP contribution is -2.32. The third-order valence-electron chi connectivity index (χ3n) is 18.4. The van der Waals surface area contributed by atoms with Crippen molar-refractivity contribution < 1.29 is 8.83 Å². The van der Waals surface area contributed by atoms with Gasteiger partial charge >= 0.3 is 0 Å². The van der Waals surface area contributed by atoms with Crippen LogP contribution in [0.25, 0.3) is 99.5 Å². The Hall–Kier alpha value is -9.70. The number of hydrogen-bond donors (Lipinski definition) is 0. The van der Waals surface area contributed by atoms with Crippen LogP contribution in [0.5, 0.6) is 0 Å². The van der Waals surface area contributed by atoms with Gasteiger partial charge in [-0.05, 0) is 121 Å². The van der Waals surface area contributed by atoms with Gasteiger partial charge in [-0.2, -0.15) is 0 Å². The Kier molecular flexibility index (Phi) is 9.23. The summed E-state index contributed by atoms with van der Waals surface area (Å²) < 4.78 is 13.9. The maximum Gasteiger partial charge on any atom is 0.143 e. The first-order valence-electron chi connectivity index (χ1n) is 27.7. The molecular weight excluding hydrogens is 959 g/mol. The number of allylic oxidation sites excluding steroid dienone is 4. The van der Waals surface area contributed by atoms with E-state index < -0.39 is 5.41 Å². The summed E-state index contributed by atoms with van der Waals surface area (Å²) in [5.74, 6) is 0.325. The van der Waals surface area contributed by atoms with E-state index in [1.165, 1.54) is 72.3 Å². The Morgan fingerprint density at radius 2 is 0.962 bits per heavy atom. The minimum atomic E-state index is -0.445. The molecule has 0 saturated heterocycles. The van der Waals surface area contributed by atoms with Crippen molar-refractivity contribution in [2.75, 3.05) is 4.90 Å². The number of fused-ring (bicyclic) bond motifs is 19. The third kappa shape index (κ3) is 6.08. The number of anilines is 3. The Morgan fingerprint density at radius 1 is 0.367 bits per heavy atom. The van der Waals surface area contributed by atoms with Crippen LogP contribution in [0, 0.1) is 5.92 Å². The molecule has 11 aromatic carbocycles. The minimum absolute atomic E-state index is 0.142. The van der Waals surface area contributed by atoms with Crippen molar-refractivity contribution in [2.45, 2.75) is 30.6 Å². The first-order chi connectivity index (χ1) is 38.9. The lowest BCUT2D eigenvalue weighted by Gasteiger charge is -2.36. The van der Waals surface area contributed by atoms with Gasteiger partial charge in [0, 0.05) is 66.9 Å². The number of benzene rings is 11. The molecule has 3 atom stereocenters. The molecule has 0 saturated carbocycles. The Labute approximate surface area is 458 Å². The second-order valence-electron chi connectivity index (χ2n) is 22.6. The average Bonchev–Trinajstić information content (AvgIpc) is 3.76. The second kappa shape index (κ2) is 16.4. The summed E-state index contributed by atoms with van der Waals surface area (Å²) in [6.07, 6.45) is 9.39. The van der Waals surface area contributed by atoms with Crippen LogP contribution in [0.15, 0.2) is 270 Å². The van der Waals surface area contributed by atoms with Gasteiger partial charge in [-0.1, -0.05) is 226 Å². The first kappa shape index (κ1) is 44.4. The predicted octanol–water partition coefficient (Wildman–Crippen LogP) is 20.4. The molecule has 13 aromatic rings. The van der Waals surface area contributed by atoms with E-state index in [9.17, 15) is 0 Å². The number of para-hydroxylation sites is 4. The summed E-state index contributed by atoms with van der Waals surface area (Å²) in [4.78, 5) is 2.44. The Morgan fingerprint density at radius 3 is 1.82 bits per heavy atom. The zero-order valence-corrected chi connectivity index (χ0v) is 43.7. The van der Waals surface area contributed by atoms with Gasteiger partial charge in [0.25, 0.3) is 0 Å². The number of rotatable bonds is 6. The molecule has 0 aliphatic heterocycles. The van der Waals surface area contributed by atoms with Gasteiger partial charge in [0.2, 0.25) is 0 Å². The Balaban J connectivity index is 0.815. The van der Waals surface area contributed by atoms with Crippen molar-refractivity contribution in [3.05, 3.63) is 294 Å². The molecule has 0 fully saturated rings. The van der Waals surface area contributed by atoms with Crippen molar-refractivity contribution >= 4 is 60.9 Å². The van der Waals surface area contributed by atoms with E-state index in [4.69, 9.17) is 8.83 Å². The predicted molar refractivity (Wildman–Crippen MR) is 326 cm³/mol. The Bertz CT molecular complexity index is 4780. The average molecular weight is 1010 g/mol. The fourth-order valence-electron chi connectivity index (χ4n) is 15.0. The van der Waals surface area contributed by atoms with E-state index >= 15 is 0 Å². The van der Waals surface area contributed by atoms with Crippen molar-refractivity contribution in [1.82, 2.24) is 0 Å². The maximum absolute atomic E-state index is 7.18. The number of hydrogen-bond acceptors (Lipinski definition) is 3. The van der Waals surface area contributed by atoms with E-state index in [1.807, 2.05) is 0 Å². The van der Waals surface area contributed by atoms with Crippen molar-refractivity contribution in [2.24, 2.45) is 5.92 Å². The molecule has 4 aliphatic carbocycles. The molecule has 3 heteroatoms. The molecule has 1 spiro atoms. The van der Waals surface area contributed by atoms with Crippen LogP contribution in [-0.4, -0.2) is 0 Å². The van der Waals surface area contributed by atoms with Gasteiger partial charge in [0.15, 0.2) is 0 Å². The molecule has 0 amide bonds. The molecule has 2 heterocycles. The quantitative estimate of drug-likeness (QED) is 0.166. The zero-order chi connectivity index (χ0) is 52.1. The molecule has 3 nitrogen and oxygen atoms in total. The number of furan rings is 2. The van der Waals surface area contributed by atoms with E-state index in [-0.39, 0.29) is 17.3 Å². The topological polar surface area (TPSA) is 29.5 Å². The van der Waals surface area contributed by atoms with Crippen molar-refractivity contribution in [1.29, 1.82) is 0 Å². The lowest BCUT2D eigenvalue weighted by atomic mass is 9.65. The van der Waals surface area contributed by atoms with Gasteiger partial charge in [-0.15, -0.1) is 0 Å². The van der Waals surface area contributed by atoms with Crippen LogP contribution in [0.4, 0.5) is 17.1 Å². The van der Waals surface area contributed by atoms with Crippen LogP contribution < -0.4 is 4.90 Å². The molecule has 79 heavy (non-hydrogen) atoms. The molecule has 0 radical (unpaired) electrons. The van der Waals surface area contributed by atoms with Crippen LogP contribution in [-0.2, 0) is 10.8 Å². The highest BCUT2D eigenvalue weighted by Crippen LogP contribution is 2.67. The summed E-state index contributed by atoms with van der Waals surface area (Å²) in [7, 11) is 0. The highest BCUT2D eigenvalue weighted by atomic mass is 16.3. The molecular formula is C76H51NO2. The molecule has 3 unspecified atom stereocenters. The third-order valence-corrected chi connectivity index (χ3v) is 18.4. The fourth-order valence-corrected chi connectivity index (χ4v) is 15.0. The molecule has 0 bridgehead atoms. The summed E-state index contributed by atoms with van der Waals surface area (Å²) in [5.41, 5.74) is 26.5. The van der Waals surface area contributed by atoms with Gasteiger partial charge < -0.3 is 13.7 Å². The molecule has 0 N–H and O–H groups in total. The van der Waals surface area contributed by atoms with Gasteiger partial charge in [0.1, 0.15) is 22.3 Å². The van der Waals surface area contributed by atoms with Gasteiger partial charge in [-0.3, -0.25) is 0 Å². The maximum atomic E-state index is 7.18. The molecule has 4 aliphatic rings. The van der Waals surface area contributed by atoms with Crippen LogP contribution in [0.3, 0.4) is 0 Å². The first-order valence-corrected chi connectivity index (χ1v) is 27.7. The van der Waals surface area contributed by atoms with Gasteiger partial charge in [-0.25, -0.2) is 0 Å². The van der Waals surface area contributed by atoms with E-state index in [1.54, 1.807) is 0 Å². The van der Waals surface area contributed by atoms with Crippen molar-refractivity contribution in [3.63, 3.8) is 0 Å². The largest absolute Gasteiger partial charge is 0.455 e. The van der Waals surface area contributed by atoms with E-state index in [0.717, 1.165) is 77.6 Å². The smallest absolute Gasteiger partial charge is 0.143 e. The number of nitrogens with zero attached hydrogens (tertiary/aromatic N) is 1. The normalized spacial score (nSPS) is 17.8.